The highest BCUT2D eigenvalue weighted by atomic mass is 16.6. The first-order chi connectivity index (χ1) is 6.56. The van der Waals surface area contributed by atoms with Crippen LogP contribution in [0.4, 0.5) is 11.4 Å². The molecule has 4 N–H and O–H groups in total. The summed E-state index contributed by atoms with van der Waals surface area (Å²) < 4.78 is 0. The zero-order valence-corrected chi connectivity index (χ0v) is 6.93. The van der Waals surface area contributed by atoms with Crippen molar-refractivity contribution in [3.8, 4) is 0 Å². The van der Waals surface area contributed by atoms with Crippen molar-refractivity contribution in [2.24, 2.45) is 0 Å². The Morgan fingerprint density at radius 1 is 1.57 bits per heavy atom. The minimum Gasteiger partial charge on any atom is -0.393 e. The molecular formula is C7H7N3O4. The fourth-order valence-electron chi connectivity index (χ4n) is 0.908. The summed E-state index contributed by atoms with van der Waals surface area (Å²) in [6, 6.07) is 3.48. The first kappa shape index (κ1) is 9.93. The Bertz CT molecular complexity index is 391. The molecule has 0 spiro atoms. The van der Waals surface area contributed by atoms with Crippen LogP contribution in [0.25, 0.3) is 0 Å². The molecule has 1 aromatic rings. The number of benzene rings is 1. The highest BCUT2D eigenvalue weighted by Gasteiger charge is 2.14. The normalized spacial score (nSPS) is 9.50. The number of nitro groups is 1. The first-order valence-electron chi connectivity index (χ1n) is 3.54. The van der Waals surface area contributed by atoms with Gasteiger partial charge in [-0.15, -0.1) is 0 Å². The van der Waals surface area contributed by atoms with E-state index in [0.29, 0.717) is 0 Å². The second-order valence-electron chi connectivity index (χ2n) is 2.47. The van der Waals surface area contributed by atoms with Crippen molar-refractivity contribution in [2.45, 2.75) is 0 Å². The Kier molecular flexibility index (Phi) is 2.63. The van der Waals surface area contributed by atoms with Gasteiger partial charge in [-0.05, 0) is 12.1 Å². The first-order valence-corrected chi connectivity index (χ1v) is 3.54. The number of nitrogens with one attached hydrogen (secondary N) is 1. The van der Waals surface area contributed by atoms with Crippen molar-refractivity contribution in [1.29, 1.82) is 0 Å². The quantitative estimate of drug-likeness (QED) is 0.272. The van der Waals surface area contributed by atoms with Crippen molar-refractivity contribution in [1.82, 2.24) is 5.48 Å². The second kappa shape index (κ2) is 3.71. The molecule has 1 aromatic carbocycles. The van der Waals surface area contributed by atoms with Crippen LogP contribution in [0.3, 0.4) is 0 Å². The van der Waals surface area contributed by atoms with Crippen molar-refractivity contribution < 1.29 is 14.9 Å². The minimum absolute atomic E-state index is 0.0339. The summed E-state index contributed by atoms with van der Waals surface area (Å²) in [5, 5.41) is 18.7. The van der Waals surface area contributed by atoms with E-state index in [4.69, 9.17) is 10.9 Å². The number of nitrogens with two attached hydrogens (primary N) is 1. The highest BCUT2D eigenvalue weighted by Crippen LogP contribution is 2.21. The predicted molar refractivity (Wildman–Crippen MR) is 46.8 cm³/mol. The molecule has 1 rings (SSSR count). The summed E-state index contributed by atoms with van der Waals surface area (Å²) in [5.74, 6) is -0.826. The molecule has 0 aromatic heterocycles. The van der Waals surface area contributed by atoms with Gasteiger partial charge in [-0.3, -0.25) is 20.1 Å². The van der Waals surface area contributed by atoms with E-state index in [9.17, 15) is 14.9 Å². The third kappa shape index (κ3) is 1.77. The average molecular weight is 197 g/mol. The van der Waals surface area contributed by atoms with Gasteiger partial charge >= 0.3 is 0 Å². The number of hydroxylamine groups is 1. The molecule has 0 saturated heterocycles. The molecule has 0 aliphatic heterocycles. The molecule has 14 heavy (non-hydrogen) atoms. The van der Waals surface area contributed by atoms with Gasteiger partial charge in [0.2, 0.25) is 0 Å². The van der Waals surface area contributed by atoms with E-state index in [-0.39, 0.29) is 16.9 Å². The predicted octanol–water partition coefficient (Wildman–Crippen LogP) is 0.296. The third-order valence-corrected chi connectivity index (χ3v) is 1.59. The van der Waals surface area contributed by atoms with Gasteiger partial charge in [0.15, 0.2) is 0 Å². The van der Waals surface area contributed by atoms with E-state index in [1.54, 1.807) is 0 Å². The molecule has 0 atom stereocenters. The van der Waals surface area contributed by atoms with E-state index in [1.807, 2.05) is 0 Å². The van der Waals surface area contributed by atoms with Crippen molar-refractivity contribution in [3.63, 3.8) is 0 Å². The van der Waals surface area contributed by atoms with Crippen LogP contribution in [-0.4, -0.2) is 16.0 Å². The Labute approximate surface area is 78.2 Å². The molecule has 74 valence electrons. The van der Waals surface area contributed by atoms with E-state index in [0.717, 1.165) is 6.07 Å². The second-order valence-corrected chi connectivity index (χ2v) is 2.47. The topological polar surface area (TPSA) is 118 Å². The van der Waals surface area contributed by atoms with Crippen LogP contribution >= 0.6 is 0 Å². The fraction of sp³-hybridized carbons (Fsp3) is 0. The summed E-state index contributed by atoms with van der Waals surface area (Å²) in [5.41, 5.74) is 6.22. The molecule has 0 bridgehead atoms. The number of carbonyl (C=O) groups is 1. The van der Waals surface area contributed by atoms with E-state index in [2.05, 4.69) is 0 Å². The van der Waals surface area contributed by atoms with Crippen LogP contribution in [0, 0.1) is 10.1 Å². The molecule has 0 aliphatic carbocycles. The minimum atomic E-state index is -0.826. The number of hydrogen-bond donors (Lipinski definition) is 3. The lowest BCUT2D eigenvalue weighted by Crippen LogP contribution is -2.18. The lowest BCUT2D eigenvalue weighted by atomic mass is 10.1. The zero-order valence-electron chi connectivity index (χ0n) is 6.93. The Hall–Kier alpha value is -2.15. The number of carbonyl (C=O) groups excluding carboxylic acids is 1. The largest absolute Gasteiger partial charge is 0.393 e. The Balaban J connectivity index is 3.19. The Morgan fingerprint density at radius 3 is 2.71 bits per heavy atom. The third-order valence-electron chi connectivity index (χ3n) is 1.59. The van der Waals surface area contributed by atoms with Crippen molar-refractivity contribution >= 4 is 17.3 Å². The standard InChI is InChI=1S/C7H7N3O4/c8-5-2-1-4(7(11)9-12)3-6(5)10(13)14/h1-3,12H,8H2,(H,9,11). The summed E-state index contributed by atoms with van der Waals surface area (Å²) >= 11 is 0. The van der Waals surface area contributed by atoms with Crippen molar-refractivity contribution in [3.05, 3.63) is 33.9 Å². The number of anilines is 1. The van der Waals surface area contributed by atoms with Gasteiger partial charge < -0.3 is 5.73 Å². The fourth-order valence-corrected chi connectivity index (χ4v) is 0.908. The number of nitro benzene ring substituents is 1. The van der Waals surface area contributed by atoms with Crippen LogP contribution in [0.1, 0.15) is 10.4 Å². The van der Waals surface area contributed by atoms with Gasteiger partial charge in [0, 0.05) is 11.6 Å². The van der Waals surface area contributed by atoms with Crippen LogP contribution in [0.2, 0.25) is 0 Å². The van der Waals surface area contributed by atoms with E-state index >= 15 is 0 Å². The van der Waals surface area contributed by atoms with E-state index in [1.165, 1.54) is 17.6 Å². The summed E-state index contributed by atoms with van der Waals surface area (Å²) in [6.45, 7) is 0. The number of nitrogen functional groups attached to an aromatic ring is 1. The summed E-state index contributed by atoms with van der Waals surface area (Å²) in [6.07, 6.45) is 0. The molecular weight excluding hydrogens is 190 g/mol. The molecule has 0 fully saturated rings. The molecule has 1 amide bonds. The maximum atomic E-state index is 10.9. The van der Waals surface area contributed by atoms with Gasteiger partial charge in [0.1, 0.15) is 5.69 Å². The van der Waals surface area contributed by atoms with Gasteiger partial charge in [0.25, 0.3) is 11.6 Å². The number of nitrogens with zero attached hydrogens (tertiary/aromatic N) is 1. The lowest BCUT2D eigenvalue weighted by molar-refractivity contribution is -0.383. The van der Waals surface area contributed by atoms with Crippen molar-refractivity contribution in [2.75, 3.05) is 5.73 Å². The molecule has 7 heteroatoms. The number of rotatable bonds is 2. The molecule has 0 saturated carbocycles. The molecule has 0 unspecified atom stereocenters. The van der Waals surface area contributed by atoms with E-state index < -0.39 is 10.8 Å². The van der Waals surface area contributed by atoms with Gasteiger partial charge in [-0.2, -0.15) is 0 Å². The maximum Gasteiger partial charge on any atom is 0.292 e. The summed E-state index contributed by atoms with van der Waals surface area (Å²) in [7, 11) is 0. The number of amides is 1. The summed E-state index contributed by atoms with van der Waals surface area (Å²) in [4.78, 5) is 20.6. The van der Waals surface area contributed by atoms with Crippen LogP contribution in [0.5, 0.6) is 0 Å². The molecule has 0 radical (unpaired) electrons. The van der Waals surface area contributed by atoms with Crippen LogP contribution in [-0.2, 0) is 0 Å². The monoisotopic (exact) mass is 197 g/mol. The van der Waals surface area contributed by atoms with Crippen LogP contribution < -0.4 is 11.2 Å². The smallest absolute Gasteiger partial charge is 0.292 e. The van der Waals surface area contributed by atoms with Gasteiger partial charge in [0.05, 0.1) is 4.92 Å². The van der Waals surface area contributed by atoms with Gasteiger partial charge in [-0.1, -0.05) is 0 Å². The Morgan fingerprint density at radius 2 is 2.21 bits per heavy atom. The molecule has 0 heterocycles. The van der Waals surface area contributed by atoms with Gasteiger partial charge in [-0.25, -0.2) is 5.48 Å². The highest BCUT2D eigenvalue weighted by molar-refractivity contribution is 5.94. The maximum absolute atomic E-state index is 10.9. The molecule has 0 aliphatic rings. The lowest BCUT2D eigenvalue weighted by Gasteiger charge is -2.00. The molecule has 7 nitrogen and oxygen atoms in total. The SMILES string of the molecule is Nc1ccc(C(=O)NO)cc1[N+](=O)[O-]. The van der Waals surface area contributed by atoms with Crippen LogP contribution in [0.15, 0.2) is 18.2 Å². The average Bonchev–Trinajstić information content (AvgIpc) is 2.17. The number of hydrogen-bond acceptors (Lipinski definition) is 5. The zero-order chi connectivity index (χ0) is 10.7.